The molecule has 0 spiro atoms. The normalized spacial score (nSPS) is 12.6. The van der Waals surface area contributed by atoms with E-state index in [1.807, 2.05) is 91.1 Å². The number of fused-ring (bicyclic) bond motifs is 1. The molecule has 6 nitrogen and oxygen atoms in total. The quantitative estimate of drug-likeness (QED) is 0.246. The molecule has 3 aromatic carbocycles. The van der Waals surface area contributed by atoms with E-state index in [4.69, 9.17) is 4.74 Å². The zero-order valence-corrected chi connectivity index (χ0v) is 20.2. The van der Waals surface area contributed by atoms with E-state index in [1.165, 1.54) is 0 Å². The molecule has 0 saturated carbocycles. The molecule has 0 aliphatic heterocycles. The Morgan fingerprint density at radius 3 is 2.20 bits per heavy atom. The van der Waals surface area contributed by atoms with Gasteiger partial charge in [0.05, 0.1) is 0 Å². The zero-order chi connectivity index (χ0) is 24.5. The number of benzene rings is 3. The minimum Gasteiger partial charge on any atom is -0.445 e. The molecule has 2 atom stereocenters. The maximum atomic E-state index is 13.3. The highest BCUT2D eigenvalue weighted by molar-refractivity contribution is 7.80. The predicted octanol–water partition coefficient (Wildman–Crippen LogP) is 4.66. The predicted molar refractivity (Wildman–Crippen MR) is 141 cm³/mol. The Hall–Kier alpha value is -3.71. The molecule has 0 saturated heterocycles. The van der Waals surface area contributed by atoms with Gasteiger partial charge in [0.25, 0.3) is 0 Å². The van der Waals surface area contributed by atoms with Crippen molar-refractivity contribution in [1.82, 2.24) is 15.6 Å². The van der Waals surface area contributed by atoms with E-state index in [9.17, 15) is 9.59 Å². The molecule has 0 aliphatic carbocycles. The van der Waals surface area contributed by atoms with Crippen molar-refractivity contribution in [1.29, 1.82) is 0 Å². The Morgan fingerprint density at radius 1 is 0.829 bits per heavy atom. The summed E-state index contributed by atoms with van der Waals surface area (Å²) in [5, 5.41) is 6.84. The van der Waals surface area contributed by atoms with Crippen molar-refractivity contribution >= 4 is 35.5 Å². The van der Waals surface area contributed by atoms with Crippen LogP contribution in [0.3, 0.4) is 0 Å². The number of nitrogens with one attached hydrogen (secondary N) is 3. The summed E-state index contributed by atoms with van der Waals surface area (Å²) >= 11 is 4.44. The first kappa shape index (κ1) is 24.4. The molecular weight excluding hydrogens is 458 g/mol. The number of hydrogen-bond acceptors (Lipinski definition) is 4. The fraction of sp³-hybridized carbons (Fsp3) is 0.214. The molecular formula is C28H29N3O3S. The van der Waals surface area contributed by atoms with E-state index in [0.29, 0.717) is 18.6 Å². The highest BCUT2D eigenvalue weighted by Gasteiger charge is 2.25. The number of carbonyl (C=O) groups is 2. The summed E-state index contributed by atoms with van der Waals surface area (Å²) < 4.78 is 5.39. The van der Waals surface area contributed by atoms with Crippen LogP contribution >= 0.6 is 12.6 Å². The maximum absolute atomic E-state index is 13.3. The van der Waals surface area contributed by atoms with E-state index in [2.05, 4.69) is 28.2 Å². The molecule has 1 heterocycles. The number of ether oxygens (including phenoxy) is 1. The first-order valence-electron chi connectivity index (χ1n) is 11.6. The van der Waals surface area contributed by atoms with Gasteiger partial charge in [0.15, 0.2) is 0 Å². The molecule has 2 amide bonds. The second-order valence-corrected chi connectivity index (χ2v) is 8.77. The Balaban J connectivity index is 1.47. The summed E-state index contributed by atoms with van der Waals surface area (Å²) in [6.07, 6.45) is 2.20. The van der Waals surface area contributed by atoms with Gasteiger partial charge in [-0.15, -0.1) is 0 Å². The molecule has 1 aromatic heterocycles. The number of aromatic nitrogens is 1. The number of thiol groups is 1. The van der Waals surface area contributed by atoms with Gasteiger partial charge in [0.1, 0.15) is 12.6 Å². The Morgan fingerprint density at radius 2 is 1.49 bits per heavy atom. The van der Waals surface area contributed by atoms with Crippen LogP contribution < -0.4 is 10.6 Å². The maximum Gasteiger partial charge on any atom is 0.408 e. The first-order valence-corrected chi connectivity index (χ1v) is 12.2. The number of para-hydroxylation sites is 1. The SMILES string of the molecule is O=C(N[C@@H](Cc1c[nH]c2ccccc12)C(=O)N[C@H](CS)Cc1ccccc1)OCc1ccccc1. The van der Waals surface area contributed by atoms with Crippen molar-refractivity contribution in [2.45, 2.75) is 31.5 Å². The number of carbonyl (C=O) groups excluding carboxylic acids is 2. The average molecular weight is 488 g/mol. The van der Waals surface area contributed by atoms with Gasteiger partial charge in [-0.3, -0.25) is 4.79 Å². The molecule has 0 unspecified atom stereocenters. The van der Waals surface area contributed by atoms with E-state index in [0.717, 1.165) is 27.6 Å². The molecule has 7 heteroatoms. The zero-order valence-electron chi connectivity index (χ0n) is 19.3. The largest absolute Gasteiger partial charge is 0.445 e. The number of hydrogen-bond donors (Lipinski definition) is 4. The third-order valence-corrected chi connectivity index (χ3v) is 6.25. The number of alkyl carbamates (subject to hydrolysis) is 1. The van der Waals surface area contributed by atoms with Crippen LogP contribution in [-0.2, 0) is 29.0 Å². The third kappa shape index (κ3) is 6.90. The van der Waals surface area contributed by atoms with Gasteiger partial charge < -0.3 is 20.4 Å². The Bertz CT molecular complexity index is 1240. The van der Waals surface area contributed by atoms with E-state index in [1.54, 1.807) is 0 Å². The van der Waals surface area contributed by atoms with Gasteiger partial charge in [-0.05, 0) is 29.2 Å². The lowest BCUT2D eigenvalue weighted by molar-refractivity contribution is -0.123. The van der Waals surface area contributed by atoms with Crippen LogP contribution in [0.2, 0.25) is 0 Å². The summed E-state index contributed by atoms with van der Waals surface area (Å²) in [6, 6.07) is 26.2. The highest BCUT2D eigenvalue weighted by Crippen LogP contribution is 2.19. The highest BCUT2D eigenvalue weighted by atomic mass is 32.1. The van der Waals surface area contributed by atoms with Gasteiger partial charge in [-0.1, -0.05) is 78.9 Å². The fourth-order valence-corrected chi connectivity index (χ4v) is 4.22. The number of amides is 2. The fourth-order valence-electron chi connectivity index (χ4n) is 4.00. The molecule has 4 aromatic rings. The minimum absolute atomic E-state index is 0.126. The molecule has 0 aliphatic rings. The summed E-state index contributed by atoms with van der Waals surface area (Å²) in [7, 11) is 0. The lowest BCUT2D eigenvalue weighted by Crippen LogP contribution is -2.51. The number of aromatic amines is 1. The van der Waals surface area contributed by atoms with Crippen LogP contribution in [0.5, 0.6) is 0 Å². The second kappa shape index (κ2) is 12.1. The Labute approximate surface area is 210 Å². The van der Waals surface area contributed by atoms with Crippen molar-refractivity contribution in [2.24, 2.45) is 0 Å². The summed E-state index contributed by atoms with van der Waals surface area (Å²) in [6.45, 7) is 0.126. The standard InChI is InChI=1S/C28H29N3O3S/c32-27(30-23(19-35)15-20-9-3-1-4-10-20)26(16-22-17-29-25-14-8-7-13-24(22)25)31-28(33)34-18-21-11-5-2-6-12-21/h1-14,17,23,26,29,35H,15-16,18-19H2,(H,30,32)(H,31,33)/t23-,26-/m0/s1. The van der Waals surface area contributed by atoms with Crippen LogP contribution in [-0.4, -0.2) is 34.8 Å². The smallest absolute Gasteiger partial charge is 0.408 e. The summed E-state index contributed by atoms with van der Waals surface area (Å²) in [4.78, 5) is 29.2. The first-order chi connectivity index (χ1) is 17.1. The van der Waals surface area contributed by atoms with Crippen LogP contribution in [0.15, 0.2) is 91.1 Å². The van der Waals surface area contributed by atoms with E-state index < -0.39 is 12.1 Å². The summed E-state index contributed by atoms with van der Waals surface area (Å²) in [5.74, 6) is 0.195. The van der Waals surface area contributed by atoms with Gasteiger partial charge in [-0.25, -0.2) is 4.79 Å². The molecule has 4 rings (SSSR count). The third-order valence-electron chi connectivity index (χ3n) is 5.81. The van der Waals surface area contributed by atoms with Gasteiger partial charge in [0, 0.05) is 35.3 Å². The minimum atomic E-state index is -0.810. The lowest BCUT2D eigenvalue weighted by atomic mass is 10.0. The van der Waals surface area contributed by atoms with Crippen molar-refractivity contribution in [3.05, 3.63) is 108 Å². The lowest BCUT2D eigenvalue weighted by Gasteiger charge is -2.22. The molecule has 3 N–H and O–H groups in total. The van der Waals surface area contributed by atoms with Crippen LogP contribution in [0.1, 0.15) is 16.7 Å². The van der Waals surface area contributed by atoms with Crippen LogP contribution in [0, 0.1) is 0 Å². The second-order valence-electron chi connectivity index (χ2n) is 8.40. The monoisotopic (exact) mass is 487 g/mol. The van der Waals surface area contributed by atoms with Crippen molar-refractivity contribution in [2.75, 3.05) is 5.75 Å². The van der Waals surface area contributed by atoms with E-state index >= 15 is 0 Å². The molecule has 0 fully saturated rings. The van der Waals surface area contributed by atoms with Crippen molar-refractivity contribution in [3.8, 4) is 0 Å². The van der Waals surface area contributed by atoms with E-state index in [-0.39, 0.29) is 18.6 Å². The van der Waals surface area contributed by atoms with Crippen molar-refractivity contribution in [3.63, 3.8) is 0 Å². The van der Waals surface area contributed by atoms with Gasteiger partial charge in [0.2, 0.25) is 5.91 Å². The number of rotatable bonds is 10. The molecule has 0 bridgehead atoms. The van der Waals surface area contributed by atoms with Crippen LogP contribution in [0.4, 0.5) is 4.79 Å². The molecule has 0 radical (unpaired) electrons. The average Bonchev–Trinajstić information content (AvgIpc) is 3.30. The topological polar surface area (TPSA) is 83.2 Å². The van der Waals surface area contributed by atoms with Gasteiger partial charge >= 0.3 is 6.09 Å². The molecule has 180 valence electrons. The van der Waals surface area contributed by atoms with Crippen LogP contribution in [0.25, 0.3) is 10.9 Å². The van der Waals surface area contributed by atoms with Crippen molar-refractivity contribution < 1.29 is 14.3 Å². The van der Waals surface area contributed by atoms with Gasteiger partial charge in [-0.2, -0.15) is 12.6 Å². The number of H-pyrrole nitrogens is 1. The molecule has 35 heavy (non-hydrogen) atoms. The summed E-state index contributed by atoms with van der Waals surface area (Å²) in [5.41, 5.74) is 3.90. The Kier molecular flexibility index (Phi) is 8.46.